The van der Waals surface area contributed by atoms with Gasteiger partial charge < -0.3 is 0 Å². The Kier molecular flexibility index (Phi) is 3.06. The van der Waals surface area contributed by atoms with Gasteiger partial charge in [0, 0.05) is 5.88 Å². The number of halogens is 1. The van der Waals surface area contributed by atoms with Crippen molar-refractivity contribution in [2.75, 3.05) is 5.88 Å². The van der Waals surface area contributed by atoms with Crippen molar-refractivity contribution < 1.29 is 0 Å². The summed E-state index contributed by atoms with van der Waals surface area (Å²) >= 11 is 6.10. The predicted molar refractivity (Wildman–Crippen MR) is 66.4 cm³/mol. The molecule has 1 aromatic rings. The van der Waals surface area contributed by atoms with Crippen molar-refractivity contribution in [1.29, 1.82) is 0 Å². The van der Waals surface area contributed by atoms with Crippen LogP contribution in [0.3, 0.4) is 0 Å². The molecule has 1 aromatic carbocycles. The molecule has 0 amide bonds. The Morgan fingerprint density at radius 2 is 2.00 bits per heavy atom. The van der Waals surface area contributed by atoms with Crippen LogP contribution in [0.15, 0.2) is 30.3 Å². The maximum atomic E-state index is 6.10. The summed E-state index contributed by atoms with van der Waals surface area (Å²) in [5.74, 6) is 2.34. The van der Waals surface area contributed by atoms with Gasteiger partial charge in [0.25, 0.3) is 0 Å². The van der Waals surface area contributed by atoms with Gasteiger partial charge in [-0.3, -0.25) is 0 Å². The van der Waals surface area contributed by atoms with E-state index in [4.69, 9.17) is 11.6 Å². The van der Waals surface area contributed by atoms with Gasteiger partial charge in [-0.15, -0.1) is 11.6 Å². The van der Waals surface area contributed by atoms with Gasteiger partial charge in [0.05, 0.1) is 0 Å². The van der Waals surface area contributed by atoms with E-state index in [1.54, 1.807) is 0 Å². The van der Waals surface area contributed by atoms with E-state index in [1.165, 1.54) is 18.4 Å². The second-order valence-corrected chi connectivity index (χ2v) is 5.27. The molecule has 3 unspecified atom stereocenters. The Morgan fingerprint density at radius 3 is 2.53 bits per heavy atom. The third-order valence-electron chi connectivity index (χ3n) is 4.03. The van der Waals surface area contributed by atoms with Gasteiger partial charge in [-0.25, -0.2) is 0 Å². The first-order valence-electron chi connectivity index (χ1n) is 5.82. The molecule has 0 N–H and O–H groups in total. The van der Waals surface area contributed by atoms with Crippen molar-refractivity contribution in [3.63, 3.8) is 0 Å². The molecule has 1 aliphatic carbocycles. The van der Waals surface area contributed by atoms with Crippen LogP contribution in [0.5, 0.6) is 0 Å². The molecule has 0 nitrogen and oxygen atoms in total. The molecule has 0 heterocycles. The highest BCUT2D eigenvalue weighted by Gasteiger charge is 2.48. The number of hydrogen-bond acceptors (Lipinski definition) is 0. The molecule has 1 aliphatic rings. The first-order valence-corrected chi connectivity index (χ1v) is 6.35. The molecule has 15 heavy (non-hydrogen) atoms. The van der Waals surface area contributed by atoms with Crippen molar-refractivity contribution >= 4 is 11.6 Å². The highest BCUT2D eigenvalue weighted by molar-refractivity contribution is 6.18. The van der Waals surface area contributed by atoms with Gasteiger partial charge in [0.2, 0.25) is 0 Å². The van der Waals surface area contributed by atoms with Gasteiger partial charge in [-0.1, -0.05) is 44.2 Å². The normalized spacial score (nSPS) is 28.5. The smallest absolute Gasteiger partial charge is 0.0280 e. The summed E-state index contributed by atoms with van der Waals surface area (Å²) in [4.78, 5) is 0. The minimum Gasteiger partial charge on any atom is -0.126 e. The van der Waals surface area contributed by atoms with Crippen molar-refractivity contribution in [2.24, 2.45) is 11.3 Å². The zero-order chi connectivity index (χ0) is 10.9. The molecule has 0 saturated heterocycles. The highest BCUT2D eigenvalue weighted by atomic mass is 35.5. The van der Waals surface area contributed by atoms with Gasteiger partial charge in [0.15, 0.2) is 0 Å². The Balaban J connectivity index is 2.08. The van der Waals surface area contributed by atoms with Crippen LogP contribution in [0.1, 0.15) is 38.2 Å². The van der Waals surface area contributed by atoms with E-state index in [2.05, 4.69) is 44.2 Å². The average Bonchev–Trinajstić information content (AvgIpc) is 3.10. The summed E-state index contributed by atoms with van der Waals surface area (Å²) < 4.78 is 0. The van der Waals surface area contributed by atoms with Crippen LogP contribution >= 0.6 is 11.6 Å². The Labute approximate surface area is 97.6 Å². The molecule has 1 fully saturated rings. The van der Waals surface area contributed by atoms with E-state index < -0.39 is 0 Å². The van der Waals surface area contributed by atoms with E-state index in [9.17, 15) is 0 Å². The lowest BCUT2D eigenvalue weighted by Gasteiger charge is -2.26. The zero-order valence-electron chi connectivity index (χ0n) is 9.54. The van der Waals surface area contributed by atoms with Gasteiger partial charge >= 0.3 is 0 Å². The van der Waals surface area contributed by atoms with Crippen LogP contribution in [0, 0.1) is 11.3 Å². The van der Waals surface area contributed by atoms with Crippen LogP contribution in [0.25, 0.3) is 0 Å². The van der Waals surface area contributed by atoms with Gasteiger partial charge in [0.1, 0.15) is 0 Å². The Bertz CT molecular complexity index is 313. The number of benzene rings is 1. The Morgan fingerprint density at radius 1 is 1.33 bits per heavy atom. The third-order valence-corrected chi connectivity index (χ3v) is 4.64. The summed E-state index contributed by atoms with van der Waals surface area (Å²) in [6, 6.07) is 10.8. The van der Waals surface area contributed by atoms with E-state index >= 15 is 0 Å². The topological polar surface area (TPSA) is 0 Å². The van der Waals surface area contributed by atoms with Crippen molar-refractivity contribution in [2.45, 2.75) is 32.6 Å². The van der Waals surface area contributed by atoms with Crippen molar-refractivity contribution in [1.82, 2.24) is 0 Å². The molecule has 82 valence electrons. The largest absolute Gasteiger partial charge is 0.126 e. The van der Waals surface area contributed by atoms with Crippen molar-refractivity contribution in [3.05, 3.63) is 35.9 Å². The summed E-state index contributed by atoms with van der Waals surface area (Å²) in [5.41, 5.74) is 1.83. The fraction of sp³-hybridized carbons (Fsp3) is 0.571. The van der Waals surface area contributed by atoms with Crippen LogP contribution < -0.4 is 0 Å². The predicted octanol–water partition coefficient (Wildman–Crippen LogP) is 4.45. The molecule has 1 saturated carbocycles. The zero-order valence-corrected chi connectivity index (χ0v) is 10.3. The summed E-state index contributed by atoms with van der Waals surface area (Å²) in [6.07, 6.45) is 2.51. The quantitative estimate of drug-likeness (QED) is 0.661. The Hall–Kier alpha value is -0.490. The molecule has 2 rings (SSSR count). The monoisotopic (exact) mass is 222 g/mol. The number of alkyl halides is 1. The standard InChI is InChI=1S/C14H19Cl/c1-3-14(2,10-15)13-9-12(13)11-7-5-4-6-8-11/h4-8,12-13H,3,9-10H2,1-2H3. The van der Waals surface area contributed by atoms with E-state index in [1.807, 2.05) is 0 Å². The second kappa shape index (κ2) is 4.17. The molecular weight excluding hydrogens is 204 g/mol. The lowest BCUT2D eigenvalue weighted by Crippen LogP contribution is -2.20. The van der Waals surface area contributed by atoms with Crippen LogP contribution in [0.2, 0.25) is 0 Å². The summed E-state index contributed by atoms with van der Waals surface area (Å²) in [6.45, 7) is 4.58. The molecule has 0 aromatic heterocycles. The molecule has 3 atom stereocenters. The van der Waals surface area contributed by atoms with Gasteiger partial charge in [-0.05, 0) is 35.7 Å². The third kappa shape index (κ3) is 2.06. The maximum Gasteiger partial charge on any atom is 0.0280 e. The number of rotatable bonds is 4. The van der Waals surface area contributed by atoms with Crippen LogP contribution in [0.4, 0.5) is 0 Å². The average molecular weight is 223 g/mol. The lowest BCUT2D eigenvalue weighted by molar-refractivity contribution is 0.297. The van der Waals surface area contributed by atoms with E-state index in [0.29, 0.717) is 5.41 Å². The molecule has 1 heteroatoms. The highest BCUT2D eigenvalue weighted by Crippen LogP contribution is 2.58. The SMILES string of the molecule is CCC(C)(CCl)C1CC1c1ccccc1. The van der Waals surface area contributed by atoms with Crippen LogP contribution in [-0.2, 0) is 0 Å². The first-order chi connectivity index (χ1) is 7.21. The molecular formula is C14H19Cl. The molecule has 0 spiro atoms. The van der Waals surface area contributed by atoms with E-state index in [-0.39, 0.29) is 0 Å². The lowest BCUT2D eigenvalue weighted by atomic mass is 9.82. The minimum atomic E-state index is 0.335. The summed E-state index contributed by atoms with van der Waals surface area (Å²) in [5, 5.41) is 0. The van der Waals surface area contributed by atoms with Crippen LogP contribution in [-0.4, -0.2) is 5.88 Å². The fourth-order valence-electron chi connectivity index (χ4n) is 2.49. The minimum absolute atomic E-state index is 0.335. The van der Waals surface area contributed by atoms with Gasteiger partial charge in [-0.2, -0.15) is 0 Å². The van der Waals surface area contributed by atoms with Crippen molar-refractivity contribution in [3.8, 4) is 0 Å². The number of hydrogen-bond donors (Lipinski definition) is 0. The fourth-order valence-corrected chi connectivity index (χ4v) is 2.88. The maximum absolute atomic E-state index is 6.10. The van der Waals surface area contributed by atoms with E-state index in [0.717, 1.165) is 17.7 Å². The second-order valence-electron chi connectivity index (χ2n) is 5.00. The molecule has 0 bridgehead atoms. The molecule has 0 radical (unpaired) electrons. The summed E-state index contributed by atoms with van der Waals surface area (Å²) in [7, 11) is 0. The molecule has 0 aliphatic heterocycles. The first kappa shape index (κ1) is 11.0.